The molecule has 0 saturated carbocycles. The van der Waals surface area contributed by atoms with E-state index < -0.39 is 0 Å². The lowest BCUT2D eigenvalue weighted by Gasteiger charge is -2.18. The zero-order valence-corrected chi connectivity index (χ0v) is 9.19. The van der Waals surface area contributed by atoms with E-state index in [-0.39, 0.29) is 6.23 Å². The van der Waals surface area contributed by atoms with Crippen molar-refractivity contribution in [2.75, 3.05) is 35.3 Å². The Bertz CT molecular complexity index is 174. The van der Waals surface area contributed by atoms with Crippen molar-refractivity contribution in [3.05, 3.63) is 24.4 Å². The number of ether oxygens (including phenoxy) is 1. The maximum absolute atomic E-state index is 5.21. The number of hydrogen-bond donors (Lipinski definition) is 0. The van der Waals surface area contributed by atoms with Gasteiger partial charge in [0.05, 0.1) is 0 Å². The van der Waals surface area contributed by atoms with Crippen LogP contribution in [0.4, 0.5) is 0 Å². The van der Waals surface area contributed by atoms with Gasteiger partial charge in [-0.05, 0) is 32.4 Å². The van der Waals surface area contributed by atoms with Crippen LogP contribution in [-0.4, -0.2) is 51.3 Å². The Kier molecular flexibility index (Phi) is 6.28. The molecule has 13 heavy (non-hydrogen) atoms. The molecule has 0 amide bonds. The molecule has 0 radical (unpaired) electrons. The Hall–Kier alpha value is -0.800. The van der Waals surface area contributed by atoms with E-state index in [4.69, 9.17) is 4.74 Å². The van der Waals surface area contributed by atoms with Gasteiger partial charge in [-0.3, -0.25) is 4.90 Å². The third-order valence-corrected chi connectivity index (χ3v) is 1.52. The predicted molar refractivity (Wildman–Crippen MR) is 56.5 cm³/mol. The summed E-state index contributed by atoms with van der Waals surface area (Å²) in [4.78, 5) is 3.99. The summed E-state index contributed by atoms with van der Waals surface area (Å²) in [5.41, 5.74) is 0. The average Bonchev–Trinajstić information content (AvgIpc) is 2.03. The first-order valence-electron chi connectivity index (χ1n) is 4.28. The van der Waals surface area contributed by atoms with E-state index in [0.717, 1.165) is 0 Å². The SMILES string of the molecule is COC(/C=C/C=C/N(C)C)N(C)C. The normalized spacial score (nSPS) is 14.6. The summed E-state index contributed by atoms with van der Waals surface area (Å²) in [6.07, 6.45) is 7.99. The van der Waals surface area contributed by atoms with Crippen molar-refractivity contribution >= 4 is 0 Å². The quantitative estimate of drug-likeness (QED) is 0.471. The summed E-state index contributed by atoms with van der Waals surface area (Å²) >= 11 is 0. The molecule has 0 spiro atoms. The predicted octanol–water partition coefficient (Wildman–Crippen LogP) is 1.15. The van der Waals surface area contributed by atoms with E-state index in [9.17, 15) is 0 Å². The smallest absolute Gasteiger partial charge is 0.129 e. The Morgan fingerprint density at radius 2 is 1.69 bits per heavy atom. The Balaban J connectivity index is 3.93. The van der Waals surface area contributed by atoms with E-state index >= 15 is 0 Å². The molecule has 0 aliphatic rings. The zero-order chi connectivity index (χ0) is 10.3. The van der Waals surface area contributed by atoms with Gasteiger partial charge in [0.2, 0.25) is 0 Å². The van der Waals surface area contributed by atoms with Crippen molar-refractivity contribution < 1.29 is 4.74 Å². The van der Waals surface area contributed by atoms with Gasteiger partial charge in [0, 0.05) is 21.2 Å². The van der Waals surface area contributed by atoms with E-state index in [1.165, 1.54) is 0 Å². The van der Waals surface area contributed by atoms with Gasteiger partial charge < -0.3 is 9.64 Å². The Morgan fingerprint density at radius 3 is 2.08 bits per heavy atom. The van der Waals surface area contributed by atoms with Gasteiger partial charge in [-0.2, -0.15) is 0 Å². The monoisotopic (exact) mass is 184 g/mol. The van der Waals surface area contributed by atoms with Crippen molar-refractivity contribution in [2.45, 2.75) is 6.23 Å². The first-order valence-corrected chi connectivity index (χ1v) is 4.28. The van der Waals surface area contributed by atoms with Crippen LogP contribution in [0.25, 0.3) is 0 Å². The lowest BCUT2D eigenvalue weighted by atomic mass is 10.4. The molecule has 0 aromatic rings. The fourth-order valence-electron chi connectivity index (χ4n) is 0.843. The van der Waals surface area contributed by atoms with Crippen molar-refractivity contribution in [1.82, 2.24) is 9.80 Å². The molecule has 0 aliphatic carbocycles. The Morgan fingerprint density at radius 1 is 1.08 bits per heavy atom. The molecule has 0 N–H and O–H groups in total. The first-order chi connectivity index (χ1) is 6.07. The lowest BCUT2D eigenvalue weighted by molar-refractivity contribution is 0.0342. The summed E-state index contributed by atoms with van der Waals surface area (Å²) in [6.45, 7) is 0. The molecule has 0 aromatic carbocycles. The highest BCUT2D eigenvalue weighted by atomic mass is 16.5. The van der Waals surface area contributed by atoms with E-state index in [0.29, 0.717) is 0 Å². The average molecular weight is 184 g/mol. The topological polar surface area (TPSA) is 15.7 Å². The van der Waals surface area contributed by atoms with Crippen LogP contribution in [0.5, 0.6) is 0 Å². The maximum Gasteiger partial charge on any atom is 0.129 e. The highest BCUT2D eigenvalue weighted by Crippen LogP contribution is 1.96. The number of allylic oxidation sites excluding steroid dienone is 2. The third-order valence-electron chi connectivity index (χ3n) is 1.52. The van der Waals surface area contributed by atoms with Crippen LogP contribution >= 0.6 is 0 Å². The molecule has 3 nitrogen and oxygen atoms in total. The molecule has 0 fully saturated rings. The molecular formula is C10H20N2O. The molecule has 76 valence electrons. The number of hydrogen-bond acceptors (Lipinski definition) is 3. The summed E-state index contributed by atoms with van der Waals surface area (Å²) in [7, 11) is 9.64. The van der Waals surface area contributed by atoms with Crippen LogP contribution in [0, 0.1) is 0 Å². The highest BCUT2D eigenvalue weighted by Gasteiger charge is 2.02. The summed E-state index contributed by atoms with van der Waals surface area (Å²) in [5.74, 6) is 0. The molecule has 0 bridgehead atoms. The summed E-state index contributed by atoms with van der Waals surface area (Å²) in [5, 5.41) is 0. The second-order valence-electron chi connectivity index (χ2n) is 3.28. The van der Waals surface area contributed by atoms with Crippen molar-refractivity contribution in [3.8, 4) is 0 Å². The van der Waals surface area contributed by atoms with E-state index in [1.54, 1.807) is 7.11 Å². The summed E-state index contributed by atoms with van der Waals surface area (Å²) < 4.78 is 5.21. The molecule has 1 atom stereocenters. The number of nitrogens with zero attached hydrogens (tertiary/aromatic N) is 2. The molecule has 0 aliphatic heterocycles. The van der Waals surface area contributed by atoms with Gasteiger partial charge in [-0.15, -0.1) is 0 Å². The number of rotatable bonds is 5. The van der Waals surface area contributed by atoms with Gasteiger partial charge in [0.1, 0.15) is 6.23 Å². The molecule has 0 heterocycles. The minimum Gasteiger partial charge on any atom is -0.383 e. The molecule has 1 unspecified atom stereocenters. The fraction of sp³-hybridized carbons (Fsp3) is 0.600. The fourth-order valence-corrected chi connectivity index (χ4v) is 0.843. The lowest BCUT2D eigenvalue weighted by Crippen LogP contribution is -2.27. The van der Waals surface area contributed by atoms with Crippen molar-refractivity contribution in [2.24, 2.45) is 0 Å². The summed E-state index contributed by atoms with van der Waals surface area (Å²) in [6, 6.07) is 0. The van der Waals surface area contributed by atoms with Gasteiger partial charge in [-0.1, -0.05) is 6.08 Å². The minimum atomic E-state index is 0.0480. The second-order valence-corrected chi connectivity index (χ2v) is 3.28. The molecule has 0 aromatic heterocycles. The molecule has 0 saturated heterocycles. The molecule has 0 rings (SSSR count). The Labute approximate surface area is 81.3 Å². The van der Waals surface area contributed by atoms with E-state index in [2.05, 4.69) is 0 Å². The van der Waals surface area contributed by atoms with Gasteiger partial charge in [0.25, 0.3) is 0 Å². The third kappa shape index (κ3) is 6.37. The van der Waals surface area contributed by atoms with Gasteiger partial charge in [0.15, 0.2) is 0 Å². The standard InChI is InChI=1S/C10H20N2O/c1-11(2)9-7-6-8-10(13-5)12(3)4/h6-10H,1-5H3/b8-6+,9-7+. The second kappa shape index (κ2) is 6.69. The number of methoxy groups -OCH3 is 1. The van der Waals surface area contributed by atoms with Gasteiger partial charge in [-0.25, -0.2) is 0 Å². The van der Waals surface area contributed by atoms with Crippen LogP contribution in [-0.2, 0) is 4.74 Å². The zero-order valence-electron chi connectivity index (χ0n) is 9.19. The van der Waals surface area contributed by atoms with Crippen LogP contribution in [0.1, 0.15) is 0 Å². The minimum absolute atomic E-state index is 0.0480. The van der Waals surface area contributed by atoms with Crippen molar-refractivity contribution in [1.29, 1.82) is 0 Å². The van der Waals surface area contributed by atoms with Crippen LogP contribution < -0.4 is 0 Å². The van der Waals surface area contributed by atoms with Crippen LogP contribution in [0.15, 0.2) is 24.4 Å². The highest BCUT2D eigenvalue weighted by molar-refractivity contribution is 5.03. The largest absolute Gasteiger partial charge is 0.383 e. The number of likely N-dealkylation sites (N-methyl/N-ethyl adjacent to an activating group) is 1. The molecule has 3 heteroatoms. The first kappa shape index (κ1) is 12.2. The maximum atomic E-state index is 5.21. The van der Waals surface area contributed by atoms with Crippen LogP contribution in [0.3, 0.4) is 0 Å². The van der Waals surface area contributed by atoms with Crippen LogP contribution in [0.2, 0.25) is 0 Å². The van der Waals surface area contributed by atoms with E-state index in [1.807, 2.05) is 62.4 Å². The van der Waals surface area contributed by atoms with Gasteiger partial charge >= 0.3 is 0 Å². The molecular weight excluding hydrogens is 164 g/mol. The van der Waals surface area contributed by atoms with Crippen molar-refractivity contribution in [3.63, 3.8) is 0 Å².